The molecule has 4 aromatic rings. The van der Waals surface area contributed by atoms with Crippen molar-refractivity contribution < 1.29 is 19.1 Å². The maximum absolute atomic E-state index is 12.5. The summed E-state index contributed by atoms with van der Waals surface area (Å²) >= 11 is 4.62. The van der Waals surface area contributed by atoms with Gasteiger partial charge in [0, 0.05) is 15.7 Å². The first-order valence-electron chi connectivity index (χ1n) is 9.78. The van der Waals surface area contributed by atoms with E-state index in [0.29, 0.717) is 32.1 Å². The van der Waals surface area contributed by atoms with E-state index in [-0.39, 0.29) is 24.7 Å². The van der Waals surface area contributed by atoms with E-state index >= 15 is 0 Å². The molecule has 0 bridgehead atoms. The molecule has 2 aromatic heterocycles. The Bertz CT molecular complexity index is 1430. The SMILES string of the molecule is CCOC(=O)c1ccc(NC(=O)COc2ccc(Br)cc2/C=c2\sc3ncnn3c2=O)cc1. The fourth-order valence-electron chi connectivity index (χ4n) is 2.93. The molecule has 0 aliphatic carbocycles. The molecule has 0 saturated carbocycles. The van der Waals surface area contributed by atoms with E-state index in [4.69, 9.17) is 9.47 Å². The van der Waals surface area contributed by atoms with Gasteiger partial charge in [-0.1, -0.05) is 27.3 Å². The Morgan fingerprint density at radius 3 is 2.73 bits per heavy atom. The van der Waals surface area contributed by atoms with Gasteiger partial charge in [0.1, 0.15) is 12.1 Å². The number of carbonyl (C=O) groups is 2. The van der Waals surface area contributed by atoms with Crippen LogP contribution in [0.2, 0.25) is 0 Å². The average Bonchev–Trinajstić information content (AvgIpc) is 3.37. The lowest BCUT2D eigenvalue weighted by Crippen LogP contribution is -2.24. The highest BCUT2D eigenvalue weighted by Crippen LogP contribution is 2.24. The fraction of sp³-hybridized carbons (Fsp3) is 0.136. The van der Waals surface area contributed by atoms with E-state index in [1.54, 1.807) is 55.5 Å². The number of rotatable bonds is 7. The van der Waals surface area contributed by atoms with Crippen LogP contribution in [-0.4, -0.2) is 39.7 Å². The summed E-state index contributed by atoms with van der Waals surface area (Å²) in [4.78, 5) is 41.1. The van der Waals surface area contributed by atoms with Crippen LogP contribution in [0.25, 0.3) is 11.0 Å². The highest BCUT2D eigenvalue weighted by molar-refractivity contribution is 9.10. The molecule has 0 aliphatic rings. The van der Waals surface area contributed by atoms with Crippen LogP contribution in [0, 0.1) is 0 Å². The topological polar surface area (TPSA) is 112 Å². The molecule has 0 saturated heterocycles. The maximum Gasteiger partial charge on any atom is 0.338 e. The molecule has 0 fully saturated rings. The molecule has 4 rings (SSSR count). The molecule has 0 unspecified atom stereocenters. The van der Waals surface area contributed by atoms with Gasteiger partial charge in [-0.05, 0) is 55.5 Å². The van der Waals surface area contributed by atoms with Gasteiger partial charge in [0.05, 0.1) is 16.7 Å². The van der Waals surface area contributed by atoms with Crippen molar-refractivity contribution >= 4 is 55.9 Å². The number of nitrogens with zero attached hydrogens (tertiary/aromatic N) is 3. The summed E-state index contributed by atoms with van der Waals surface area (Å²) in [6.07, 6.45) is 3.00. The van der Waals surface area contributed by atoms with Gasteiger partial charge in [-0.2, -0.15) is 9.61 Å². The van der Waals surface area contributed by atoms with Crippen molar-refractivity contribution in [2.24, 2.45) is 0 Å². The molecule has 0 radical (unpaired) electrons. The van der Waals surface area contributed by atoms with Crippen LogP contribution in [0.15, 0.2) is 58.1 Å². The quantitative estimate of drug-likeness (QED) is 0.367. The zero-order valence-corrected chi connectivity index (χ0v) is 19.7. The largest absolute Gasteiger partial charge is 0.483 e. The van der Waals surface area contributed by atoms with E-state index < -0.39 is 5.97 Å². The Kier molecular flexibility index (Phi) is 6.80. The van der Waals surface area contributed by atoms with Crippen molar-refractivity contribution in [3.8, 4) is 5.75 Å². The first-order chi connectivity index (χ1) is 15.9. The predicted molar refractivity (Wildman–Crippen MR) is 127 cm³/mol. The molecule has 33 heavy (non-hydrogen) atoms. The van der Waals surface area contributed by atoms with Gasteiger partial charge in [0.2, 0.25) is 4.96 Å². The minimum atomic E-state index is -0.422. The van der Waals surface area contributed by atoms with Gasteiger partial charge in [-0.3, -0.25) is 9.59 Å². The molecule has 11 heteroatoms. The first kappa shape index (κ1) is 22.6. The summed E-state index contributed by atoms with van der Waals surface area (Å²) in [7, 11) is 0. The Balaban J connectivity index is 1.46. The van der Waals surface area contributed by atoms with Crippen LogP contribution in [0.5, 0.6) is 5.75 Å². The Hall–Kier alpha value is -3.57. The molecular formula is C22H17BrN4O5S. The van der Waals surface area contributed by atoms with Crippen LogP contribution in [0.4, 0.5) is 5.69 Å². The molecule has 0 atom stereocenters. The van der Waals surface area contributed by atoms with Crippen molar-refractivity contribution in [2.75, 3.05) is 18.5 Å². The summed E-state index contributed by atoms with van der Waals surface area (Å²) in [5.41, 5.74) is 1.26. The average molecular weight is 529 g/mol. The lowest BCUT2D eigenvalue weighted by molar-refractivity contribution is -0.118. The highest BCUT2D eigenvalue weighted by Gasteiger charge is 2.11. The zero-order valence-electron chi connectivity index (χ0n) is 17.3. The molecule has 0 aliphatic heterocycles. The van der Waals surface area contributed by atoms with Gasteiger partial charge in [-0.15, -0.1) is 0 Å². The number of hydrogen-bond acceptors (Lipinski definition) is 8. The Morgan fingerprint density at radius 2 is 2.00 bits per heavy atom. The van der Waals surface area contributed by atoms with Gasteiger partial charge in [-0.25, -0.2) is 9.78 Å². The van der Waals surface area contributed by atoms with E-state index in [2.05, 4.69) is 31.3 Å². The second-order valence-electron chi connectivity index (χ2n) is 6.69. The molecular weight excluding hydrogens is 512 g/mol. The zero-order chi connectivity index (χ0) is 23.4. The third-order valence-electron chi connectivity index (χ3n) is 4.42. The fourth-order valence-corrected chi connectivity index (χ4v) is 4.18. The van der Waals surface area contributed by atoms with Crippen molar-refractivity contribution in [3.63, 3.8) is 0 Å². The highest BCUT2D eigenvalue weighted by atomic mass is 79.9. The van der Waals surface area contributed by atoms with Crippen molar-refractivity contribution in [3.05, 3.63) is 79.3 Å². The summed E-state index contributed by atoms with van der Waals surface area (Å²) in [5.74, 6) is -0.366. The number of thiazole rings is 1. The predicted octanol–water partition coefficient (Wildman–Crippen LogP) is 2.66. The maximum atomic E-state index is 12.5. The molecule has 9 nitrogen and oxygen atoms in total. The lowest BCUT2D eigenvalue weighted by Gasteiger charge is -2.10. The molecule has 1 N–H and O–H groups in total. The summed E-state index contributed by atoms with van der Waals surface area (Å²) in [6, 6.07) is 11.6. The van der Waals surface area contributed by atoms with Crippen LogP contribution >= 0.6 is 27.3 Å². The number of halogens is 1. The van der Waals surface area contributed by atoms with Crippen LogP contribution in [-0.2, 0) is 9.53 Å². The normalized spacial score (nSPS) is 11.5. The van der Waals surface area contributed by atoms with Crippen LogP contribution in [0.1, 0.15) is 22.8 Å². The number of ether oxygens (including phenoxy) is 2. The minimum absolute atomic E-state index is 0.248. The summed E-state index contributed by atoms with van der Waals surface area (Å²) < 4.78 is 13.1. The Labute approximate surface area is 199 Å². The second kappa shape index (κ2) is 9.92. The third-order valence-corrected chi connectivity index (χ3v) is 5.88. The number of hydrogen-bond donors (Lipinski definition) is 1. The molecule has 2 aromatic carbocycles. The number of nitrogens with one attached hydrogen (secondary N) is 1. The van der Waals surface area contributed by atoms with Crippen LogP contribution < -0.4 is 20.1 Å². The van der Waals surface area contributed by atoms with Crippen molar-refractivity contribution in [2.45, 2.75) is 6.92 Å². The van der Waals surface area contributed by atoms with Gasteiger partial charge in [0.25, 0.3) is 11.5 Å². The number of amides is 1. The summed E-state index contributed by atoms with van der Waals surface area (Å²) in [5, 5.41) is 6.62. The molecule has 168 valence electrons. The minimum Gasteiger partial charge on any atom is -0.483 e. The van der Waals surface area contributed by atoms with Crippen molar-refractivity contribution in [1.29, 1.82) is 0 Å². The van der Waals surface area contributed by atoms with E-state index in [9.17, 15) is 14.4 Å². The number of benzene rings is 2. The molecule has 2 heterocycles. The van der Waals surface area contributed by atoms with Gasteiger partial charge in [0.15, 0.2) is 6.61 Å². The third kappa shape index (κ3) is 5.26. The molecule has 0 spiro atoms. The van der Waals surface area contributed by atoms with E-state index in [1.165, 1.54) is 22.2 Å². The molecule has 1 amide bonds. The van der Waals surface area contributed by atoms with E-state index in [1.807, 2.05) is 0 Å². The Morgan fingerprint density at radius 1 is 1.21 bits per heavy atom. The summed E-state index contributed by atoms with van der Waals surface area (Å²) in [6.45, 7) is 1.77. The standard InChI is InChI=1S/C22H17BrN4O5S/c1-2-31-21(30)13-3-6-16(7-4-13)26-19(28)11-32-17-8-5-15(23)9-14(17)10-18-20(29)27-22(33-18)24-12-25-27/h3-10,12H,2,11H2,1H3,(H,26,28)/b18-10-. The van der Waals surface area contributed by atoms with Crippen molar-refractivity contribution in [1.82, 2.24) is 14.6 Å². The number of aromatic nitrogens is 3. The number of carbonyl (C=O) groups excluding carboxylic acids is 2. The number of esters is 1. The second-order valence-corrected chi connectivity index (χ2v) is 8.61. The van der Waals surface area contributed by atoms with E-state index in [0.717, 1.165) is 4.47 Å². The monoisotopic (exact) mass is 528 g/mol. The van der Waals surface area contributed by atoms with Gasteiger partial charge < -0.3 is 14.8 Å². The first-order valence-corrected chi connectivity index (χ1v) is 11.4. The van der Waals surface area contributed by atoms with Crippen LogP contribution in [0.3, 0.4) is 0 Å². The number of fused-ring (bicyclic) bond motifs is 1. The number of anilines is 1. The lowest BCUT2D eigenvalue weighted by atomic mass is 10.2. The van der Waals surface area contributed by atoms with Gasteiger partial charge >= 0.3 is 5.97 Å². The smallest absolute Gasteiger partial charge is 0.338 e.